The predicted molar refractivity (Wildman–Crippen MR) is 105 cm³/mol. The van der Waals surface area contributed by atoms with Crippen molar-refractivity contribution in [1.29, 1.82) is 0 Å². The lowest BCUT2D eigenvalue weighted by Gasteiger charge is -2.36. The molecule has 0 spiro atoms. The number of nitrogens with one attached hydrogen (secondary N) is 1. The summed E-state index contributed by atoms with van der Waals surface area (Å²) in [6.07, 6.45) is 2.11. The first-order valence-electron chi connectivity index (χ1n) is 9.41. The van der Waals surface area contributed by atoms with E-state index in [1.807, 2.05) is 30.3 Å². The number of amides is 1. The summed E-state index contributed by atoms with van der Waals surface area (Å²) >= 11 is 0. The molecule has 0 saturated heterocycles. The third-order valence-corrected chi connectivity index (χ3v) is 5.26. The smallest absolute Gasteiger partial charge is 0.238 e. The molecule has 1 unspecified atom stereocenters. The van der Waals surface area contributed by atoms with Gasteiger partial charge < -0.3 is 19.4 Å². The fourth-order valence-electron chi connectivity index (χ4n) is 3.98. The van der Waals surface area contributed by atoms with Gasteiger partial charge in [-0.3, -0.25) is 9.69 Å². The summed E-state index contributed by atoms with van der Waals surface area (Å²) in [5, 5.41) is 2.99. The standard InChI is InChI=1S/C22H21N3O3/c26-21(23-17-8-9-19-20(13-17)28-15-27-19)14-25-12-11-24-10-4-7-18(24)22(25)16-5-2-1-3-6-16/h1-10,13,22H,11-12,14-15H2,(H,23,26). The Bertz CT molecular complexity index is 999. The number of anilines is 1. The second-order valence-electron chi connectivity index (χ2n) is 7.03. The van der Waals surface area contributed by atoms with E-state index in [1.165, 1.54) is 11.3 Å². The van der Waals surface area contributed by atoms with Gasteiger partial charge in [0.05, 0.1) is 12.6 Å². The molecule has 28 heavy (non-hydrogen) atoms. The average molecular weight is 375 g/mol. The molecule has 3 heterocycles. The Hall–Kier alpha value is -3.25. The lowest BCUT2D eigenvalue weighted by atomic mass is 10.00. The molecule has 3 aromatic rings. The van der Waals surface area contributed by atoms with Gasteiger partial charge >= 0.3 is 0 Å². The lowest BCUT2D eigenvalue weighted by Crippen LogP contribution is -2.42. The maximum atomic E-state index is 12.8. The summed E-state index contributed by atoms with van der Waals surface area (Å²) in [5.41, 5.74) is 3.12. The molecule has 6 nitrogen and oxygen atoms in total. The van der Waals surface area contributed by atoms with Crippen LogP contribution in [0.25, 0.3) is 0 Å². The minimum absolute atomic E-state index is 0.0418. The van der Waals surface area contributed by atoms with Gasteiger partial charge in [-0.25, -0.2) is 0 Å². The SMILES string of the molecule is O=C(CN1CCn2cccc2C1c1ccccc1)Nc1ccc2c(c1)OCO2. The third kappa shape index (κ3) is 3.12. The first kappa shape index (κ1) is 16.9. The van der Waals surface area contributed by atoms with Crippen LogP contribution in [0.2, 0.25) is 0 Å². The van der Waals surface area contributed by atoms with E-state index < -0.39 is 0 Å². The number of ether oxygens (including phenoxy) is 2. The molecule has 142 valence electrons. The average Bonchev–Trinajstić information content (AvgIpc) is 3.37. The molecule has 0 saturated carbocycles. The number of nitrogens with zero attached hydrogens (tertiary/aromatic N) is 2. The summed E-state index contributed by atoms with van der Waals surface area (Å²) in [6, 6.07) is 20.1. The van der Waals surface area contributed by atoms with Crippen LogP contribution < -0.4 is 14.8 Å². The molecule has 0 radical (unpaired) electrons. The molecule has 1 atom stereocenters. The topological polar surface area (TPSA) is 55.7 Å². The zero-order valence-electron chi connectivity index (χ0n) is 15.4. The Kier molecular flexibility index (Phi) is 4.25. The molecule has 0 fully saturated rings. The number of hydrogen-bond acceptors (Lipinski definition) is 4. The van der Waals surface area contributed by atoms with Gasteiger partial charge in [0, 0.05) is 36.7 Å². The summed E-state index contributed by atoms with van der Waals surface area (Å²) in [4.78, 5) is 15.0. The fourth-order valence-corrected chi connectivity index (χ4v) is 3.98. The van der Waals surface area contributed by atoms with Gasteiger partial charge in [-0.1, -0.05) is 30.3 Å². The number of aromatic nitrogens is 1. The summed E-state index contributed by atoms with van der Waals surface area (Å²) in [5.74, 6) is 1.33. The number of fused-ring (bicyclic) bond motifs is 2. The molecule has 0 aliphatic carbocycles. The van der Waals surface area contributed by atoms with Crippen molar-refractivity contribution >= 4 is 11.6 Å². The van der Waals surface area contributed by atoms with E-state index in [9.17, 15) is 4.79 Å². The highest BCUT2D eigenvalue weighted by molar-refractivity contribution is 5.92. The van der Waals surface area contributed by atoms with Crippen molar-refractivity contribution in [3.63, 3.8) is 0 Å². The van der Waals surface area contributed by atoms with Gasteiger partial charge in [0.2, 0.25) is 12.7 Å². The second kappa shape index (κ2) is 7.05. The van der Waals surface area contributed by atoms with Crippen molar-refractivity contribution < 1.29 is 14.3 Å². The van der Waals surface area contributed by atoms with E-state index >= 15 is 0 Å². The highest BCUT2D eigenvalue weighted by Gasteiger charge is 2.30. The van der Waals surface area contributed by atoms with Crippen LogP contribution in [-0.2, 0) is 11.3 Å². The zero-order valence-corrected chi connectivity index (χ0v) is 15.4. The van der Waals surface area contributed by atoms with Crippen molar-refractivity contribution in [2.75, 3.05) is 25.2 Å². The summed E-state index contributed by atoms with van der Waals surface area (Å²) in [7, 11) is 0. The number of carbonyl (C=O) groups is 1. The minimum atomic E-state index is -0.0418. The lowest BCUT2D eigenvalue weighted by molar-refractivity contribution is -0.117. The maximum Gasteiger partial charge on any atom is 0.238 e. The zero-order chi connectivity index (χ0) is 18.9. The third-order valence-electron chi connectivity index (χ3n) is 5.26. The van der Waals surface area contributed by atoms with Gasteiger partial charge in [0.1, 0.15) is 0 Å². The van der Waals surface area contributed by atoms with Crippen molar-refractivity contribution in [3.8, 4) is 11.5 Å². The molecule has 0 bridgehead atoms. The Morgan fingerprint density at radius 3 is 2.75 bits per heavy atom. The Balaban J connectivity index is 1.35. The van der Waals surface area contributed by atoms with E-state index in [0.717, 1.165) is 13.1 Å². The largest absolute Gasteiger partial charge is 0.454 e. The Labute approximate surface area is 163 Å². The number of benzene rings is 2. The quantitative estimate of drug-likeness (QED) is 0.761. The molecule has 2 aromatic carbocycles. The highest BCUT2D eigenvalue weighted by Crippen LogP contribution is 2.35. The van der Waals surface area contributed by atoms with Gasteiger partial charge in [-0.2, -0.15) is 0 Å². The van der Waals surface area contributed by atoms with Gasteiger partial charge in [0.15, 0.2) is 11.5 Å². The van der Waals surface area contributed by atoms with Crippen LogP contribution >= 0.6 is 0 Å². The number of carbonyl (C=O) groups excluding carboxylic acids is 1. The molecule has 1 aromatic heterocycles. The van der Waals surface area contributed by atoms with E-state index in [0.29, 0.717) is 23.7 Å². The van der Waals surface area contributed by atoms with Crippen LogP contribution in [0.5, 0.6) is 11.5 Å². The fraction of sp³-hybridized carbons (Fsp3) is 0.227. The van der Waals surface area contributed by atoms with Gasteiger partial charge in [-0.05, 0) is 29.8 Å². The first-order chi connectivity index (χ1) is 13.8. The van der Waals surface area contributed by atoms with E-state index in [-0.39, 0.29) is 18.7 Å². The van der Waals surface area contributed by atoms with Crippen LogP contribution in [0.3, 0.4) is 0 Å². The van der Waals surface area contributed by atoms with Crippen molar-refractivity contribution in [2.45, 2.75) is 12.6 Å². The number of rotatable bonds is 4. The maximum absolute atomic E-state index is 12.8. The summed E-state index contributed by atoms with van der Waals surface area (Å²) in [6.45, 7) is 2.23. The molecule has 1 amide bonds. The van der Waals surface area contributed by atoms with E-state index in [2.05, 4.69) is 45.2 Å². The van der Waals surface area contributed by atoms with Gasteiger partial charge in [-0.15, -0.1) is 0 Å². The van der Waals surface area contributed by atoms with Crippen LogP contribution in [-0.4, -0.2) is 35.3 Å². The van der Waals surface area contributed by atoms with Crippen molar-refractivity contribution in [2.24, 2.45) is 0 Å². The highest BCUT2D eigenvalue weighted by atomic mass is 16.7. The Morgan fingerprint density at radius 2 is 1.86 bits per heavy atom. The van der Waals surface area contributed by atoms with Crippen LogP contribution in [0.15, 0.2) is 66.9 Å². The number of hydrogen-bond donors (Lipinski definition) is 1. The van der Waals surface area contributed by atoms with Gasteiger partial charge in [0.25, 0.3) is 0 Å². The van der Waals surface area contributed by atoms with Crippen LogP contribution in [0.4, 0.5) is 5.69 Å². The van der Waals surface area contributed by atoms with E-state index in [1.54, 1.807) is 6.07 Å². The summed E-state index contributed by atoms with van der Waals surface area (Å²) < 4.78 is 13.0. The molecule has 6 heteroatoms. The monoisotopic (exact) mass is 375 g/mol. The second-order valence-corrected chi connectivity index (χ2v) is 7.03. The van der Waals surface area contributed by atoms with Crippen molar-refractivity contribution in [3.05, 3.63) is 78.1 Å². The van der Waals surface area contributed by atoms with Crippen molar-refractivity contribution in [1.82, 2.24) is 9.47 Å². The van der Waals surface area contributed by atoms with Crippen LogP contribution in [0.1, 0.15) is 17.3 Å². The molecule has 1 N–H and O–H groups in total. The Morgan fingerprint density at radius 1 is 1.00 bits per heavy atom. The molecule has 2 aliphatic rings. The first-order valence-corrected chi connectivity index (χ1v) is 9.41. The van der Waals surface area contributed by atoms with E-state index in [4.69, 9.17) is 9.47 Å². The minimum Gasteiger partial charge on any atom is -0.454 e. The molecule has 5 rings (SSSR count). The normalized spacial score (nSPS) is 17.9. The predicted octanol–water partition coefficient (Wildman–Crippen LogP) is 3.26. The molecular formula is C22H21N3O3. The molecule has 2 aliphatic heterocycles. The molecular weight excluding hydrogens is 354 g/mol. The van der Waals surface area contributed by atoms with Crippen LogP contribution in [0, 0.1) is 0 Å².